The first kappa shape index (κ1) is 22.5. The van der Waals surface area contributed by atoms with Crippen LogP contribution >= 0.6 is 0 Å². The Kier molecular flexibility index (Phi) is 6.59. The molecule has 176 valence electrons. The largest absolute Gasteiger partial charge is 0.508 e. The first-order valence-corrected chi connectivity index (χ1v) is 11.8. The lowest BCUT2D eigenvalue weighted by Gasteiger charge is -2.25. The van der Waals surface area contributed by atoms with Crippen LogP contribution in [0.3, 0.4) is 0 Å². The second kappa shape index (κ2) is 9.94. The van der Waals surface area contributed by atoms with Crippen molar-refractivity contribution in [1.82, 2.24) is 9.88 Å². The maximum atomic E-state index is 14.7. The van der Waals surface area contributed by atoms with Crippen LogP contribution < -0.4 is 4.74 Å². The summed E-state index contributed by atoms with van der Waals surface area (Å²) in [5.41, 5.74) is 5.37. The number of alkyl halides is 1. The van der Waals surface area contributed by atoms with Gasteiger partial charge in [-0.1, -0.05) is 18.2 Å². The number of hydrogen-bond donors (Lipinski definition) is 1. The second-order valence-electron chi connectivity index (χ2n) is 8.95. The van der Waals surface area contributed by atoms with Gasteiger partial charge in [0.25, 0.3) is 0 Å². The maximum Gasteiger partial charge on any atom is 0.148 e. The molecule has 34 heavy (non-hydrogen) atoms. The second-order valence-corrected chi connectivity index (χ2v) is 8.95. The number of likely N-dealkylation sites (tertiary alicyclic amines) is 1. The Hall–Kier alpha value is -3.25. The predicted octanol–water partition coefficient (Wildman–Crippen LogP) is 5.64. The molecule has 0 amide bonds. The van der Waals surface area contributed by atoms with Gasteiger partial charge in [0.15, 0.2) is 0 Å². The summed E-state index contributed by atoms with van der Waals surface area (Å²) in [5, 5.41) is 10.2. The highest BCUT2D eigenvalue weighted by molar-refractivity contribution is 6.01. The number of aromatic hydroxyl groups is 1. The molecule has 1 aliphatic carbocycles. The number of fused-ring (bicyclic) bond motifs is 1. The van der Waals surface area contributed by atoms with E-state index in [-0.39, 0.29) is 24.3 Å². The van der Waals surface area contributed by atoms with Crippen molar-refractivity contribution >= 4 is 11.1 Å². The van der Waals surface area contributed by atoms with Gasteiger partial charge in [0.05, 0.1) is 12.9 Å². The minimum Gasteiger partial charge on any atom is -0.508 e. The number of nitrogens with zero attached hydrogens (tertiary/aromatic N) is 2. The summed E-state index contributed by atoms with van der Waals surface area (Å²) < 4.78 is 33.4. The number of phenolic OH excluding ortho intramolecular Hbond substituents is 1. The fraction of sp³-hybridized carbons (Fsp3) is 0.321. The van der Waals surface area contributed by atoms with Gasteiger partial charge in [-0.15, -0.1) is 0 Å². The highest BCUT2D eigenvalue weighted by atomic mass is 19.1. The Morgan fingerprint density at radius 1 is 1.06 bits per heavy atom. The third-order valence-electron chi connectivity index (χ3n) is 6.69. The van der Waals surface area contributed by atoms with Crippen molar-refractivity contribution < 1.29 is 18.6 Å². The smallest absolute Gasteiger partial charge is 0.148 e. The Balaban J connectivity index is 1.45. The lowest BCUT2D eigenvalue weighted by atomic mass is 9.79. The topological polar surface area (TPSA) is 45.6 Å². The van der Waals surface area contributed by atoms with Crippen LogP contribution in [-0.2, 0) is 6.42 Å². The van der Waals surface area contributed by atoms with E-state index in [0.29, 0.717) is 18.4 Å². The van der Waals surface area contributed by atoms with Crippen LogP contribution in [0.5, 0.6) is 11.5 Å². The molecule has 6 heteroatoms. The van der Waals surface area contributed by atoms with Crippen molar-refractivity contribution in [3.63, 3.8) is 0 Å². The Morgan fingerprint density at radius 2 is 1.91 bits per heavy atom. The van der Waals surface area contributed by atoms with Gasteiger partial charge >= 0.3 is 0 Å². The molecule has 1 aliphatic heterocycles. The number of allylic oxidation sites excluding steroid dienone is 1. The number of rotatable bonds is 7. The molecule has 1 fully saturated rings. The summed E-state index contributed by atoms with van der Waals surface area (Å²) in [6.45, 7) is 2.22. The summed E-state index contributed by atoms with van der Waals surface area (Å²) in [4.78, 5) is 6.14. The van der Waals surface area contributed by atoms with Crippen molar-refractivity contribution in [3.8, 4) is 11.5 Å². The van der Waals surface area contributed by atoms with E-state index >= 15 is 0 Å². The summed E-state index contributed by atoms with van der Waals surface area (Å²) in [6.07, 6.45) is 5.91. The van der Waals surface area contributed by atoms with E-state index < -0.39 is 0 Å². The van der Waals surface area contributed by atoms with Crippen LogP contribution in [0.2, 0.25) is 0 Å². The normalized spacial score (nSPS) is 18.2. The molecule has 0 bridgehead atoms. The fourth-order valence-corrected chi connectivity index (χ4v) is 5.05. The zero-order chi connectivity index (χ0) is 23.5. The molecule has 2 heterocycles. The van der Waals surface area contributed by atoms with Crippen LogP contribution in [0.1, 0.15) is 41.5 Å². The van der Waals surface area contributed by atoms with Crippen LogP contribution in [0, 0.1) is 5.82 Å². The molecule has 2 aliphatic rings. The van der Waals surface area contributed by atoms with E-state index in [1.807, 2.05) is 30.3 Å². The number of halogens is 2. The maximum absolute atomic E-state index is 14.7. The summed E-state index contributed by atoms with van der Waals surface area (Å²) >= 11 is 0. The van der Waals surface area contributed by atoms with E-state index in [1.165, 1.54) is 6.20 Å². The minimum absolute atomic E-state index is 0.0958. The highest BCUT2D eigenvalue weighted by Gasteiger charge is 2.25. The Labute approximate surface area is 198 Å². The average Bonchev–Trinajstić information content (AvgIpc) is 3.30. The SMILES string of the molecule is Oc1ccc2c(c1)C(c1ccc(OC3CCN(CCCF)C3)cc1)=C(c1ccncc1F)CC2. The standard InChI is InChI=1S/C28H28F2N2O2/c29-12-1-14-32-15-11-23(18-32)34-22-7-3-20(4-8-22)28-25(24-10-13-31-17-27(24)30)9-5-19-2-6-21(33)16-26(19)28/h2-4,6-8,10,13,16-17,23,33H,1,5,9,11-12,14-15,18H2. The number of benzene rings is 2. The van der Waals surface area contributed by atoms with Crippen LogP contribution in [0.4, 0.5) is 8.78 Å². The van der Waals surface area contributed by atoms with Crippen molar-refractivity contribution in [3.05, 3.63) is 89.0 Å². The van der Waals surface area contributed by atoms with Crippen LogP contribution in [-0.4, -0.2) is 47.4 Å². The lowest BCUT2D eigenvalue weighted by molar-refractivity contribution is 0.198. The van der Waals surface area contributed by atoms with Gasteiger partial charge in [0, 0.05) is 31.4 Å². The monoisotopic (exact) mass is 462 g/mol. The van der Waals surface area contributed by atoms with Crippen LogP contribution in [0.25, 0.3) is 11.1 Å². The van der Waals surface area contributed by atoms with Gasteiger partial charge in [0.1, 0.15) is 23.4 Å². The van der Waals surface area contributed by atoms with E-state index in [2.05, 4.69) is 9.88 Å². The molecular formula is C28H28F2N2O2. The van der Waals surface area contributed by atoms with E-state index in [0.717, 1.165) is 66.1 Å². The number of aromatic nitrogens is 1. The summed E-state index contributed by atoms with van der Waals surface area (Å²) in [7, 11) is 0. The molecule has 3 aromatic rings. The van der Waals surface area contributed by atoms with Gasteiger partial charge < -0.3 is 9.84 Å². The van der Waals surface area contributed by atoms with Gasteiger partial charge in [0.2, 0.25) is 0 Å². The molecule has 5 rings (SSSR count). The number of aryl methyl sites for hydroxylation is 1. The molecule has 2 aromatic carbocycles. The molecule has 1 saturated heterocycles. The number of hydrogen-bond acceptors (Lipinski definition) is 4. The molecular weight excluding hydrogens is 434 g/mol. The zero-order valence-electron chi connectivity index (χ0n) is 19.0. The quantitative estimate of drug-likeness (QED) is 0.493. The summed E-state index contributed by atoms with van der Waals surface area (Å²) in [5.74, 6) is 0.619. The predicted molar refractivity (Wildman–Crippen MR) is 129 cm³/mol. The molecule has 0 radical (unpaired) electrons. The van der Waals surface area contributed by atoms with Crippen molar-refractivity contribution in [2.75, 3.05) is 26.3 Å². The first-order valence-electron chi connectivity index (χ1n) is 11.8. The first-order chi connectivity index (χ1) is 16.6. The van der Waals surface area contributed by atoms with E-state index in [4.69, 9.17) is 4.74 Å². The molecule has 1 unspecified atom stereocenters. The Morgan fingerprint density at radius 3 is 2.71 bits per heavy atom. The lowest BCUT2D eigenvalue weighted by Crippen LogP contribution is -2.26. The van der Waals surface area contributed by atoms with Gasteiger partial charge in [-0.25, -0.2) is 4.39 Å². The summed E-state index contributed by atoms with van der Waals surface area (Å²) in [6, 6.07) is 15.0. The number of phenols is 1. The van der Waals surface area contributed by atoms with E-state index in [1.54, 1.807) is 24.4 Å². The molecule has 4 nitrogen and oxygen atoms in total. The Bertz CT molecular complexity index is 1190. The van der Waals surface area contributed by atoms with Gasteiger partial charge in [-0.05, 0) is 83.9 Å². The third kappa shape index (κ3) is 4.68. The van der Waals surface area contributed by atoms with Crippen LogP contribution in [0.15, 0.2) is 60.9 Å². The van der Waals surface area contributed by atoms with Gasteiger partial charge in [-0.3, -0.25) is 14.3 Å². The molecule has 1 atom stereocenters. The number of ether oxygens (including phenoxy) is 1. The average molecular weight is 463 g/mol. The van der Waals surface area contributed by atoms with Crippen molar-refractivity contribution in [2.45, 2.75) is 31.8 Å². The number of pyridine rings is 1. The zero-order valence-corrected chi connectivity index (χ0v) is 19.0. The van der Waals surface area contributed by atoms with E-state index in [9.17, 15) is 13.9 Å². The molecule has 0 spiro atoms. The van der Waals surface area contributed by atoms with Gasteiger partial charge in [-0.2, -0.15) is 0 Å². The minimum atomic E-state index is -0.350. The highest BCUT2D eigenvalue weighted by Crippen LogP contribution is 2.42. The molecule has 1 aromatic heterocycles. The van der Waals surface area contributed by atoms with Crippen molar-refractivity contribution in [1.29, 1.82) is 0 Å². The third-order valence-corrected chi connectivity index (χ3v) is 6.69. The molecule has 0 saturated carbocycles. The fourth-order valence-electron chi connectivity index (χ4n) is 5.05. The molecule has 1 N–H and O–H groups in total. The van der Waals surface area contributed by atoms with Crippen molar-refractivity contribution in [2.24, 2.45) is 0 Å².